The number of Topliss-reactive ketones (excluding diaryl/α,β-unsaturated/α-hetero) is 1. The fraction of sp³-hybridized carbons (Fsp3) is 0.263. The first kappa shape index (κ1) is 16.8. The normalized spacial score (nSPS) is 16.0. The number of benzene rings is 2. The summed E-state index contributed by atoms with van der Waals surface area (Å²) in [6.45, 7) is 0.389. The van der Waals surface area contributed by atoms with Crippen molar-refractivity contribution in [2.75, 3.05) is 27.9 Å². The van der Waals surface area contributed by atoms with Crippen molar-refractivity contribution in [2.24, 2.45) is 4.99 Å². The van der Waals surface area contributed by atoms with Crippen LogP contribution in [0.15, 0.2) is 47.5 Å². The molecule has 1 aliphatic rings. The molecule has 0 radical (unpaired) electrons. The molecule has 130 valence electrons. The van der Waals surface area contributed by atoms with Gasteiger partial charge >= 0.3 is 0 Å². The summed E-state index contributed by atoms with van der Waals surface area (Å²) in [4.78, 5) is 17.3. The summed E-state index contributed by atoms with van der Waals surface area (Å²) in [7, 11) is 4.58. The Morgan fingerprint density at radius 2 is 1.68 bits per heavy atom. The van der Waals surface area contributed by atoms with Crippen molar-refractivity contribution in [3.05, 3.63) is 53.6 Å². The highest BCUT2D eigenvalue weighted by atomic mass is 16.5. The highest BCUT2D eigenvalue weighted by Gasteiger charge is 2.28. The third kappa shape index (κ3) is 3.28. The summed E-state index contributed by atoms with van der Waals surface area (Å²) in [6.07, 6.45) is 0. The zero-order chi connectivity index (χ0) is 17.8. The number of ether oxygens (including phenoxy) is 3. The molecule has 0 amide bonds. The van der Waals surface area contributed by atoms with Crippen LogP contribution < -0.4 is 19.5 Å². The summed E-state index contributed by atoms with van der Waals surface area (Å²) in [5.41, 5.74) is 1.44. The first-order chi connectivity index (χ1) is 12.2. The van der Waals surface area contributed by atoms with Gasteiger partial charge in [0.05, 0.1) is 27.9 Å². The van der Waals surface area contributed by atoms with E-state index in [-0.39, 0.29) is 5.78 Å². The van der Waals surface area contributed by atoms with Crippen molar-refractivity contribution in [1.82, 2.24) is 5.32 Å². The standard InChI is InChI=1S/C19H20N2O4/c1-23-15-9-13(10-16(24-2)18(15)25-3)17(22)14-11-20-19(21-14)12-7-5-4-6-8-12/h4-10,14H,11H2,1-3H3,(H,20,21). The molecule has 1 aliphatic heterocycles. The summed E-state index contributed by atoms with van der Waals surface area (Å²) < 4.78 is 15.9. The molecule has 0 bridgehead atoms. The van der Waals surface area contributed by atoms with Gasteiger partial charge < -0.3 is 19.5 Å². The molecule has 25 heavy (non-hydrogen) atoms. The monoisotopic (exact) mass is 340 g/mol. The summed E-state index contributed by atoms with van der Waals surface area (Å²) in [5.74, 6) is 2.02. The molecule has 6 heteroatoms. The number of methoxy groups -OCH3 is 3. The topological polar surface area (TPSA) is 69.2 Å². The molecule has 1 atom stereocenters. The number of ketones is 1. The molecule has 0 fully saturated rings. The van der Waals surface area contributed by atoms with E-state index in [9.17, 15) is 4.79 Å². The van der Waals surface area contributed by atoms with Gasteiger partial charge in [-0.15, -0.1) is 0 Å². The minimum atomic E-state index is -0.419. The molecule has 0 saturated heterocycles. The molecular weight excluding hydrogens is 320 g/mol. The average Bonchev–Trinajstić information content (AvgIpc) is 3.17. The molecule has 0 aromatic heterocycles. The van der Waals surface area contributed by atoms with E-state index in [2.05, 4.69) is 10.3 Å². The quantitative estimate of drug-likeness (QED) is 0.817. The van der Waals surface area contributed by atoms with Crippen LogP contribution in [-0.2, 0) is 0 Å². The molecule has 2 aromatic rings. The largest absolute Gasteiger partial charge is 0.493 e. The minimum absolute atomic E-state index is 0.0751. The van der Waals surface area contributed by atoms with Gasteiger partial charge in [0.2, 0.25) is 5.75 Å². The number of hydrogen-bond donors (Lipinski definition) is 1. The lowest BCUT2D eigenvalue weighted by Gasteiger charge is -2.16. The summed E-state index contributed by atoms with van der Waals surface area (Å²) >= 11 is 0. The molecule has 2 aromatic carbocycles. The van der Waals surface area contributed by atoms with E-state index in [1.165, 1.54) is 21.3 Å². The maximum atomic E-state index is 12.9. The smallest absolute Gasteiger partial charge is 0.203 e. The third-order valence-corrected chi connectivity index (χ3v) is 4.06. The number of carbonyl (C=O) groups is 1. The minimum Gasteiger partial charge on any atom is -0.493 e. The maximum absolute atomic E-state index is 12.9. The zero-order valence-corrected chi connectivity index (χ0v) is 14.4. The highest BCUT2D eigenvalue weighted by Crippen LogP contribution is 2.38. The molecular formula is C19H20N2O4. The molecule has 6 nitrogen and oxygen atoms in total. The Morgan fingerprint density at radius 3 is 2.24 bits per heavy atom. The van der Waals surface area contributed by atoms with Crippen molar-refractivity contribution in [2.45, 2.75) is 6.04 Å². The van der Waals surface area contributed by atoms with Crippen LogP contribution in [0.3, 0.4) is 0 Å². The Balaban J connectivity index is 1.83. The summed E-state index contributed by atoms with van der Waals surface area (Å²) in [5, 5.41) is 3.20. The number of hydrogen-bond acceptors (Lipinski definition) is 6. The molecule has 3 rings (SSSR count). The molecule has 1 N–H and O–H groups in total. The molecule has 0 saturated carbocycles. The molecule has 1 unspecified atom stereocenters. The maximum Gasteiger partial charge on any atom is 0.203 e. The van der Waals surface area contributed by atoms with Gasteiger partial charge in [-0.05, 0) is 12.1 Å². The van der Waals surface area contributed by atoms with E-state index >= 15 is 0 Å². The van der Waals surface area contributed by atoms with E-state index in [1.807, 2.05) is 30.3 Å². The number of aliphatic imine (C=N–C) groups is 1. The van der Waals surface area contributed by atoms with Crippen LogP contribution in [0.1, 0.15) is 15.9 Å². The lowest BCUT2D eigenvalue weighted by molar-refractivity contribution is 0.0959. The lowest BCUT2D eigenvalue weighted by atomic mass is 10.0. The highest BCUT2D eigenvalue weighted by molar-refractivity contribution is 6.08. The Morgan fingerprint density at radius 1 is 1.04 bits per heavy atom. The van der Waals surface area contributed by atoms with Crippen LogP contribution >= 0.6 is 0 Å². The van der Waals surface area contributed by atoms with Crippen molar-refractivity contribution in [1.29, 1.82) is 0 Å². The fourth-order valence-corrected chi connectivity index (χ4v) is 2.78. The average molecular weight is 340 g/mol. The number of nitrogens with zero attached hydrogens (tertiary/aromatic N) is 1. The first-order valence-electron chi connectivity index (χ1n) is 7.88. The van der Waals surface area contributed by atoms with Gasteiger partial charge in [-0.25, -0.2) is 0 Å². The van der Waals surface area contributed by atoms with Gasteiger partial charge in [0, 0.05) is 11.1 Å². The predicted molar refractivity (Wildman–Crippen MR) is 95.2 cm³/mol. The van der Waals surface area contributed by atoms with E-state index < -0.39 is 6.04 Å². The van der Waals surface area contributed by atoms with E-state index in [0.29, 0.717) is 29.4 Å². The van der Waals surface area contributed by atoms with Gasteiger partial charge in [-0.3, -0.25) is 9.79 Å². The van der Waals surface area contributed by atoms with Crippen LogP contribution in [0.2, 0.25) is 0 Å². The predicted octanol–water partition coefficient (Wildman–Crippen LogP) is 2.31. The Bertz CT molecular complexity index is 777. The van der Waals surface area contributed by atoms with Gasteiger partial charge in [-0.2, -0.15) is 0 Å². The van der Waals surface area contributed by atoms with Crippen LogP contribution in [-0.4, -0.2) is 45.5 Å². The van der Waals surface area contributed by atoms with E-state index in [4.69, 9.17) is 14.2 Å². The van der Waals surface area contributed by atoms with Gasteiger partial charge in [-0.1, -0.05) is 30.3 Å². The van der Waals surface area contributed by atoms with Crippen LogP contribution in [0, 0.1) is 0 Å². The second-order valence-electron chi connectivity index (χ2n) is 5.53. The Labute approximate surface area is 146 Å². The van der Waals surface area contributed by atoms with E-state index in [0.717, 1.165) is 11.4 Å². The number of carbonyl (C=O) groups excluding carboxylic acids is 1. The zero-order valence-electron chi connectivity index (χ0n) is 14.4. The molecule has 1 heterocycles. The van der Waals surface area contributed by atoms with Gasteiger partial charge in [0.25, 0.3) is 0 Å². The van der Waals surface area contributed by atoms with Gasteiger partial charge in [0.1, 0.15) is 11.9 Å². The van der Waals surface area contributed by atoms with Crippen LogP contribution in [0.5, 0.6) is 17.2 Å². The van der Waals surface area contributed by atoms with Crippen LogP contribution in [0.25, 0.3) is 0 Å². The molecule has 0 spiro atoms. The van der Waals surface area contributed by atoms with E-state index in [1.54, 1.807) is 12.1 Å². The molecule has 0 aliphatic carbocycles. The van der Waals surface area contributed by atoms with Crippen molar-refractivity contribution in [3.8, 4) is 17.2 Å². The summed E-state index contributed by atoms with van der Waals surface area (Å²) in [6, 6.07) is 12.6. The third-order valence-electron chi connectivity index (χ3n) is 4.06. The fourth-order valence-electron chi connectivity index (χ4n) is 2.78. The van der Waals surface area contributed by atoms with Crippen molar-refractivity contribution in [3.63, 3.8) is 0 Å². The number of nitrogens with one attached hydrogen (secondary N) is 1. The van der Waals surface area contributed by atoms with Crippen LogP contribution in [0.4, 0.5) is 0 Å². The Kier molecular flexibility index (Phi) is 4.88. The second-order valence-corrected chi connectivity index (χ2v) is 5.53. The Hall–Kier alpha value is -3.02. The lowest BCUT2D eigenvalue weighted by Crippen LogP contribution is -2.37. The number of amidine groups is 1. The SMILES string of the molecule is COc1cc(C(=O)C2CN=C(c3ccccc3)N2)cc(OC)c1OC. The number of rotatable bonds is 6. The van der Waals surface area contributed by atoms with Gasteiger partial charge in [0.15, 0.2) is 17.3 Å². The second kappa shape index (κ2) is 7.25. The first-order valence-corrected chi connectivity index (χ1v) is 7.88. The van der Waals surface area contributed by atoms with Crippen molar-refractivity contribution < 1.29 is 19.0 Å². The van der Waals surface area contributed by atoms with Crippen molar-refractivity contribution >= 4 is 11.6 Å².